The van der Waals surface area contributed by atoms with Crippen molar-refractivity contribution in [1.29, 1.82) is 0 Å². The third-order valence-electron chi connectivity index (χ3n) is 7.99. The van der Waals surface area contributed by atoms with Crippen LogP contribution in [0, 0.1) is 5.92 Å². The molecule has 20 heteroatoms. The molecular formula is C36H39F6N5O9. The maximum Gasteiger partial charge on any atom is 0.490 e. The van der Waals surface area contributed by atoms with Crippen molar-refractivity contribution >= 4 is 47.0 Å². The SMILES string of the molecule is NC(=O)c1ccc2c(c1)N(C(=O)CC1CCNCC1)CC2.NCc1cccc(N(CC(=O)O)C(=O)c2ccccc2)c1.O=C(O)C(F)(F)F.O=C(O)C(F)(F)F. The number of nitrogens with one attached hydrogen (secondary N) is 1. The number of benzene rings is 3. The standard InChI is InChI=1S/C16H21N3O2.C16H16N2O3.2C2HF3O2/c17-16(21)13-2-1-12-5-8-19(14(12)10-13)15(20)9-11-3-6-18-7-4-11;17-10-12-5-4-8-14(9-12)18(11-15(19)20)16(21)13-6-2-1-3-7-13;2*3-2(4,5)1(6)7/h1-2,10-11,18H,3-9H2,(H2,17,21);1-9H,10-11,17H2,(H,19,20);2*(H,6,7). The summed E-state index contributed by atoms with van der Waals surface area (Å²) in [4.78, 5) is 68.3. The minimum atomic E-state index is -5.08. The molecule has 304 valence electrons. The third kappa shape index (κ3) is 15.0. The van der Waals surface area contributed by atoms with Gasteiger partial charge in [-0.3, -0.25) is 24.1 Å². The molecule has 2 aliphatic rings. The Bertz CT molecular complexity index is 1810. The lowest BCUT2D eigenvalue weighted by atomic mass is 9.94. The van der Waals surface area contributed by atoms with Crippen LogP contribution in [0.15, 0.2) is 72.8 Å². The van der Waals surface area contributed by atoms with Gasteiger partial charge >= 0.3 is 30.3 Å². The molecule has 5 rings (SSSR count). The first kappa shape index (κ1) is 46.1. The molecule has 8 N–H and O–H groups in total. The van der Waals surface area contributed by atoms with Gasteiger partial charge in [-0.2, -0.15) is 26.3 Å². The van der Waals surface area contributed by atoms with Crippen molar-refractivity contribution in [3.8, 4) is 0 Å². The summed E-state index contributed by atoms with van der Waals surface area (Å²) in [6.07, 6.45) is -6.59. The Kier molecular flexibility index (Phi) is 17.4. The Labute approximate surface area is 315 Å². The third-order valence-corrected chi connectivity index (χ3v) is 7.99. The van der Waals surface area contributed by atoms with Crippen LogP contribution in [0.3, 0.4) is 0 Å². The van der Waals surface area contributed by atoms with Crippen molar-refractivity contribution in [3.05, 3.63) is 95.1 Å². The number of carbonyl (C=O) groups excluding carboxylic acids is 3. The van der Waals surface area contributed by atoms with Gasteiger partial charge in [0.25, 0.3) is 5.91 Å². The van der Waals surface area contributed by atoms with Crippen LogP contribution in [0.5, 0.6) is 0 Å². The number of carboxylic acid groups (broad SMARTS) is 3. The number of nitrogens with two attached hydrogens (primary N) is 2. The number of rotatable bonds is 8. The van der Waals surface area contributed by atoms with Crippen LogP contribution in [0.2, 0.25) is 0 Å². The van der Waals surface area contributed by atoms with Crippen molar-refractivity contribution in [2.75, 3.05) is 36.0 Å². The highest BCUT2D eigenvalue weighted by atomic mass is 19.4. The molecule has 3 aromatic rings. The summed E-state index contributed by atoms with van der Waals surface area (Å²) < 4.78 is 63.5. The average Bonchev–Trinajstić information content (AvgIpc) is 3.58. The first-order chi connectivity index (χ1) is 26.1. The van der Waals surface area contributed by atoms with Crippen LogP contribution >= 0.6 is 0 Å². The lowest BCUT2D eigenvalue weighted by molar-refractivity contribution is -0.193. The van der Waals surface area contributed by atoms with Gasteiger partial charge < -0.3 is 37.0 Å². The molecule has 0 unspecified atom stereocenters. The predicted octanol–water partition coefficient (Wildman–Crippen LogP) is 4.21. The quantitative estimate of drug-likeness (QED) is 0.177. The minimum absolute atomic E-state index is 0.169. The highest BCUT2D eigenvalue weighted by molar-refractivity contribution is 6.08. The zero-order chi connectivity index (χ0) is 42.2. The van der Waals surface area contributed by atoms with E-state index in [9.17, 15) is 45.5 Å². The van der Waals surface area contributed by atoms with Gasteiger partial charge in [-0.1, -0.05) is 36.4 Å². The summed E-state index contributed by atoms with van der Waals surface area (Å²) in [5, 5.41) is 26.6. The number of piperidine rings is 1. The molecule has 0 bridgehead atoms. The van der Waals surface area contributed by atoms with E-state index < -0.39 is 42.7 Å². The fourth-order valence-electron chi connectivity index (χ4n) is 5.24. The molecule has 3 aromatic carbocycles. The average molecular weight is 800 g/mol. The van der Waals surface area contributed by atoms with Crippen LogP contribution in [-0.4, -0.2) is 89.5 Å². The highest BCUT2D eigenvalue weighted by Crippen LogP contribution is 2.31. The second-order valence-corrected chi connectivity index (χ2v) is 12.0. The Morgan fingerprint density at radius 3 is 1.86 bits per heavy atom. The van der Waals surface area contributed by atoms with Crippen LogP contribution in [0.25, 0.3) is 0 Å². The number of fused-ring (bicyclic) bond motifs is 1. The van der Waals surface area contributed by atoms with Crippen LogP contribution in [0.4, 0.5) is 37.7 Å². The molecule has 1 saturated heterocycles. The maximum absolute atomic E-state index is 12.5. The van der Waals surface area contributed by atoms with Gasteiger partial charge in [0.05, 0.1) is 0 Å². The second kappa shape index (κ2) is 21.2. The van der Waals surface area contributed by atoms with E-state index in [1.165, 1.54) is 4.90 Å². The zero-order valence-corrected chi connectivity index (χ0v) is 29.5. The van der Waals surface area contributed by atoms with Crippen LogP contribution < -0.4 is 26.6 Å². The molecule has 0 aliphatic carbocycles. The predicted molar refractivity (Wildman–Crippen MR) is 189 cm³/mol. The molecule has 0 aromatic heterocycles. The van der Waals surface area contributed by atoms with E-state index in [0.29, 0.717) is 42.2 Å². The van der Waals surface area contributed by atoms with E-state index in [0.717, 1.165) is 49.2 Å². The second-order valence-electron chi connectivity index (χ2n) is 12.0. The van der Waals surface area contributed by atoms with Gasteiger partial charge in [-0.05, 0) is 85.8 Å². The first-order valence-corrected chi connectivity index (χ1v) is 16.6. The number of nitrogens with zero attached hydrogens (tertiary/aromatic N) is 2. The molecule has 2 aliphatic heterocycles. The summed E-state index contributed by atoms with van der Waals surface area (Å²) in [5.74, 6) is -6.75. The van der Waals surface area contributed by atoms with Crippen molar-refractivity contribution in [3.63, 3.8) is 0 Å². The number of primary amides is 1. The van der Waals surface area contributed by atoms with Crippen molar-refractivity contribution < 1.29 is 70.4 Å². The summed E-state index contributed by atoms with van der Waals surface area (Å²) in [5.41, 5.74) is 15.2. The van der Waals surface area contributed by atoms with Crippen LogP contribution in [0.1, 0.15) is 51.1 Å². The fourth-order valence-corrected chi connectivity index (χ4v) is 5.24. The lowest BCUT2D eigenvalue weighted by Gasteiger charge is -2.25. The molecule has 1 fully saturated rings. The Balaban J connectivity index is 0.000000291. The molecule has 0 radical (unpaired) electrons. The van der Waals surface area contributed by atoms with E-state index in [1.54, 1.807) is 60.7 Å². The maximum atomic E-state index is 12.5. The van der Waals surface area contributed by atoms with E-state index >= 15 is 0 Å². The van der Waals surface area contributed by atoms with Crippen LogP contribution in [-0.2, 0) is 32.1 Å². The number of halogens is 6. The number of hydrogen-bond acceptors (Lipinski definition) is 8. The number of hydrogen-bond donors (Lipinski definition) is 6. The minimum Gasteiger partial charge on any atom is -0.480 e. The Morgan fingerprint density at radius 2 is 1.36 bits per heavy atom. The molecule has 0 saturated carbocycles. The van der Waals surface area contributed by atoms with E-state index in [2.05, 4.69) is 5.32 Å². The fraction of sp³-hybridized carbons (Fsp3) is 0.333. The zero-order valence-electron chi connectivity index (χ0n) is 29.5. The van der Waals surface area contributed by atoms with Gasteiger partial charge in [-0.15, -0.1) is 0 Å². The van der Waals surface area contributed by atoms with Crippen molar-refractivity contribution in [2.24, 2.45) is 17.4 Å². The lowest BCUT2D eigenvalue weighted by Crippen LogP contribution is -2.35. The normalized spacial score (nSPS) is 13.6. The molecule has 56 heavy (non-hydrogen) atoms. The molecule has 0 atom stereocenters. The monoisotopic (exact) mass is 799 g/mol. The van der Waals surface area contributed by atoms with Gasteiger partial charge in [0.1, 0.15) is 6.54 Å². The first-order valence-electron chi connectivity index (χ1n) is 16.6. The largest absolute Gasteiger partial charge is 0.490 e. The Hall–Kier alpha value is -6.02. The van der Waals surface area contributed by atoms with Gasteiger partial charge in [0.2, 0.25) is 11.8 Å². The molecule has 14 nitrogen and oxygen atoms in total. The van der Waals surface area contributed by atoms with Crippen molar-refractivity contribution in [2.45, 2.75) is 44.6 Å². The number of carbonyl (C=O) groups is 6. The summed E-state index contributed by atoms with van der Waals surface area (Å²) in [7, 11) is 0. The van der Waals surface area contributed by atoms with Crippen molar-refractivity contribution in [1.82, 2.24) is 5.32 Å². The van der Waals surface area contributed by atoms with E-state index in [-0.39, 0.29) is 11.8 Å². The number of alkyl halides is 6. The smallest absolute Gasteiger partial charge is 0.480 e. The summed E-state index contributed by atoms with van der Waals surface area (Å²) in [6, 6.07) is 21.0. The number of amides is 3. The summed E-state index contributed by atoms with van der Waals surface area (Å²) in [6.45, 7) is 2.64. The summed E-state index contributed by atoms with van der Waals surface area (Å²) >= 11 is 0. The molecule has 0 spiro atoms. The van der Waals surface area contributed by atoms with Gasteiger partial charge in [-0.25, -0.2) is 9.59 Å². The van der Waals surface area contributed by atoms with Gasteiger partial charge in [0.15, 0.2) is 0 Å². The molecular weight excluding hydrogens is 760 g/mol. The molecule has 2 heterocycles. The van der Waals surface area contributed by atoms with E-state index in [1.807, 2.05) is 17.0 Å². The topological polar surface area (TPSA) is 234 Å². The van der Waals surface area contributed by atoms with Gasteiger partial charge in [0, 0.05) is 42.0 Å². The Morgan fingerprint density at radius 1 is 0.786 bits per heavy atom. The molecule has 3 amide bonds. The van der Waals surface area contributed by atoms with E-state index in [4.69, 9.17) is 36.4 Å². The number of carboxylic acids is 3. The highest BCUT2D eigenvalue weighted by Gasteiger charge is 2.39. The number of anilines is 2. The number of aliphatic carboxylic acids is 3.